The van der Waals surface area contributed by atoms with E-state index in [1.54, 1.807) is 18.2 Å². The van der Waals surface area contributed by atoms with Gasteiger partial charge in [0, 0.05) is 10.9 Å². The van der Waals surface area contributed by atoms with Gasteiger partial charge in [-0.3, -0.25) is 4.79 Å². The van der Waals surface area contributed by atoms with E-state index in [2.05, 4.69) is 15.9 Å². The van der Waals surface area contributed by atoms with Crippen molar-refractivity contribution in [2.24, 2.45) is 0 Å². The van der Waals surface area contributed by atoms with Crippen LogP contribution in [0.15, 0.2) is 24.3 Å². The number of halogens is 2. The van der Waals surface area contributed by atoms with Gasteiger partial charge in [0.25, 0.3) is 0 Å². The highest BCUT2D eigenvalue weighted by Crippen LogP contribution is 2.15. The van der Waals surface area contributed by atoms with Gasteiger partial charge in [-0.2, -0.15) is 0 Å². The van der Waals surface area contributed by atoms with Crippen molar-refractivity contribution in [2.45, 2.75) is 13.3 Å². The van der Waals surface area contributed by atoms with Crippen molar-refractivity contribution in [1.82, 2.24) is 0 Å². The molecule has 1 aromatic rings. The summed E-state index contributed by atoms with van der Waals surface area (Å²) in [6, 6.07) is 4.85. The number of carbonyl (C=O) groups is 1. The number of allylic oxidation sites excluding steroid dienone is 1. The number of alkyl halides is 1. The van der Waals surface area contributed by atoms with Gasteiger partial charge in [0.1, 0.15) is 5.82 Å². The maximum Gasteiger partial charge on any atom is 0.162 e. The molecule has 3 heteroatoms. The minimum atomic E-state index is -0.434. The third-order valence-electron chi connectivity index (χ3n) is 1.98. The van der Waals surface area contributed by atoms with E-state index in [0.29, 0.717) is 5.56 Å². The van der Waals surface area contributed by atoms with E-state index in [9.17, 15) is 9.18 Å². The molecule has 0 aliphatic heterocycles. The Morgan fingerprint density at radius 3 is 2.87 bits per heavy atom. The number of carbonyl (C=O) groups excluding carboxylic acids is 1. The highest BCUT2D eigenvalue weighted by molar-refractivity contribution is 9.09. The van der Waals surface area contributed by atoms with Crippen LogP contribution in [-0.2, 0) is 0 Å². The maximum atomic E-state index is 13.7. The molecule has 0 unspecified atom stereocenters. The van der Waals surface area contributed by atoms with Crippen molar-refractivity contribution >= 4 is 27.8 Å². The number of ketones is 1. The Hall–Kier alpha value is -0.960. The van der Waals surface area contributed by atoms with Crippen molar-refractivity contribution in [3.8, 4) is 0 Å². The molecule has 1 aromatic carbocycles. The summed E-state index contributed by atoms with van der Waals surface area (Å²) >= 11 is 3.28. The minimum Gasteiger partial charge on any atom is -0.294 e. The lowest BCUT2D eigenvalue weighted by atomic mass is 10.1. The molecule has 0 radical (unpaired) electrons. The molecule has 1 rings (SSSR count). The smallest absolute Gasteiger partial charge is 0.162 e. The zero-order chi connectivity index (χ0) is 11.3. The van der Waals surface area contributed by atoms with Crippen molar-refractivity contribution in [3.05, 3.63) is 41.2 Å². The van der Waals surface area contributed by atoms with Crippen LogP contribution < -0.4 is 0 Å². The number of Topliss-reactive ketones (excluding diaryl/α,β-unsaturated/α-hetero) is 1. The Kier molecular flexibility index (Phi) is 4.69. The van der Waals surface area contributed by atoms with E-state index in [0.717, 1.165) is 11.8 Å². The minimum absolute atomic E-state index is 0.149. The van der Waals surface area contributed by atoms with Gasteiger partial charge in [-0.15, -0.1) is 0 Å². The zero-order valence-corrected chi connectivity index (χ0v) is 10.1. The fourth-order valence-electron chi connectivity index (χ4n) is 1.22. The summed E-state index contributed by atoms with van der Waals surface area (Å²) in [6.45, 7) is 1.37. The van der Waals surface area contributed by atoms with Crippen LogP contribution in [0.4, 0.5) is 4.39 Å². The predicted molar refractivity (Wildman–Crippen MR) is 63.8 cm³/mol. The van der Waals surface area contributed by atoms with Crippen molar-refractivity contribution in [3.63, 3.8) is 0 Å². The average Bonchev–Trinajstić information content (AvgIpc) is 2.20. The molecule has 80 valence electrons. The molecule has 0 bridgehead atoms. The summed E-state index contributed by atoms with van der Waals surface area (Å²) in [5.41, 5.74) is 0.611. The van der Waals surface area contributed by atoms with Crippen molar-refractivity contribution in [1.29, 1.82) is 0 Å². The van der Waals surface area contributed by atoms with Gasteiger partial charge in [-0.05, 0) is 19.4 Å². The Morgan fingerprint density at radius 2 is 2.27 bits per heavy atom. The summed E-state index contributed by atoms with van der Waals surface area (Å²) in [4.78, 5) is 11.1. The molecular weight excluding hydrogens is 259 g/mol. The molecule has 0 saturated carbocycles. The largest absolute Gasteiger partial charge is 0.294 e. The Labute approximate surface area is 97.1 Å². The van der Waals surface area contributed by atoms with E-state index >= 15 is 0 Å². The van der Waals surface area contributed by atoms with Gasteiger partial charge in [0.2, 0.25) is 0 Å². The molecule has 0 N–H and O–H groups in total. The molecule has 0 amide bonds. The third kappa shape index (κ3) is 3.27. The number of benzene rings is 1. The van der Waals surface area contributed by atoms with Gasteiger partial charge < -0.3 is 0 Å². The lowest BCUT2D eigenvalue weighted by Crippen LogP contribution is -1.98. The topological polar surface area (TPSA) is 17.1 Å². The average molecular weight is 271 g/mol. The van der Waals surface area contributed by atoms with Gasteiger partial charge in [-0.25, -0.2) is 4.39 Å². The standard InChI is InChI=1S/C12H12BrFO/c1-9(15)11-7-4-6-10(12(11)14)5-2-3-8-13/h2,4-7H,3,8H2,1H3. The molecule has 0 fully saturated rings. The van der Waals surface area contributed by atoms with Crippen molar-refractivity contribution < 1.29 is 9.18 Å². The van der Waals surface area contributed by atoms with Crippen molar-refractivity contribution in [2.75, 3.05) is 5.33 Å². The van der Waals surface area contributed by atoms with E-state index in [4.69, 9.17) is 0 Å². The van der Waals surface area contributed by atoms with Crippen LogP contribution in [0.2, 0.25) is 0 Å². The fraction of sp³-hybridized carbons (Fsp3) is 0.250. The van der Waals surface area contributed by atoms with Crippen LogP contribution in [-0.4, -0.2) is 11.1 Å². The highest BCUT2D eigenvalue weighted by Gasteiger charge is 2.08. The lowest BCUT2D eigenvalue weighted by molar-refractivity contribution is 0.101. The fourth-order valence-corrected chi connectivity index (χ4v) is 1.49. The predicted octanol–water partition coefficient (Wildman–Crippen LogP) is 3.83. The second-order valence-electron chi connectivity index (χ2n) is 3.14. The molecule has 1 nitrogen and oxygen atoms in total. The first-order chi connectivity index (χ1) is 7.16. The molecule has 0 aromatic heterocycles. The van der Waals surface area contributed by atoms with Gasteiger partial charge >= 0.3 is 0 Å². The Balaban J connectivity index is 2.99. The number of hydrogen-bond acceptors (Lipinski definition) is 1. The summed E-state index contributed by atoms with van der Waals surface area (Å²) in [6.07, 6.45) is 4.41. The molecule has 15 heavy (non-hydrogen) atoms. The molecule has 0 spiro atoms. The van der Waals surface area contributed by atoms with Crippen LogP contribution >= 0.6 is 15.9 Å². The van der Waals surface area contributed by atoms with Gasteiger partial charge in [0.05, 0.1) is 5.56 Å². The first kappa shape index (κ1) is 12.1. The van der Waals surface area contributed by atoms with Crippen LogP contribution in [0.5, 0.6) is 0 Å². The molecule has 0 aliphatic carbocycles. The summed E-state index contributed by atoms with van der Waals surface area (Å²) in [5.74, 6) is -0.681. The summed E-state index contributed by atoms with van der Waals surface area (Å²) < 4.78 is 13.7. The quantitative estimate of drug-likeness (QED) is 0.601. The lowest BCUT2D eigenvalue weighted by Gasteiger charge is -2.01. The molecule has 0 aliphatic rings. The number of hydrogen-bond donors (Lipinski definition) is 0. The molecule has 0 saturated heterocycles. The normalized spacial score (nSPS) is 10.9. The van der Waals surface area contributed by atoms with Crippen LogP contribution in [0.1, 0.15) is 29.3 Å². The molecule has 0 heterocycles. The zero-order valence-electron chi connectivity index (χ0n) is 8.47. The Bertz CT molecular complexity index is 385. The SMILES string of the molecule is CC(=O)c1cccc(C=CCCBr)c1F. The van der Waals surface area contributed by atoms with E-state index in [1.807, 2.05) is 6.08 Å². The van der Waals surface area contributed by atoms with Crippen LogP contribution in [0, 0.1) is 5.82 Å². The van der Waals surface area contributed by atoms with E-state index in [1.165, 1.54) is 13.0 Å². The molecular formula is C12H12BrFO. The first-order valence-electron chi connectivity index (χ1n) is 4.68. The van der Waals surface area contributed by atoms with Crippen LogP contribution in [0.3, 0.4) is 0 Å². The second kappa shape index (κ2) is 5.81. The molecule has 0 atom stereocenters. The Morgan fingerprint density at radius 1 is 1.53 bits per heavy atom. The van der Waals surface area contributed by atoms with Crippen LogP contribution in [0.25, 0.3) is 6.08 Å². The third-order valence-corrected chi connectivity index (χ3v) is 2.44. The van der Waals surface area contributed by atoms with Gasteiger partial charge in [-0.1, -0.05) is 40.2 Å². The second-order valence-corrected chi connectivity index (χ2v) is 3.94. The monoisotopic (exact) mass is 270 g/mol. The number of rotatable bonds is 4. The highest BCUT2D eigenvalue weighted by atomic mass is 79.9. The summed E-state index contributed by atoms with van der Waals surface area (Å²) in [5, 5.41) is 0.845. The van der Waals surface area contributed by atoms with E-state index < -0.39 is 5.82 Å². The first-order valence-corrected chi connectivity index (χ1v) is 5.81. The summed E-state index contributed by atoms with van der Waals surface area (Å²) in [7, 11) is 0. The maximum absolute atomic E-state index is 13.7. The van der Waals surface area contributed by atoms with E-state index in [-0.39, 0.29) is 11.3 Å². The van der Waals surface area contributed by atoms with Gasteiger partial charge in [0.15, 0.2) is 5.78 Å².